The molecule has 0 bridgehead atoms. The molecule has 72 valence electrons. The fourth-order valence-corrected chi connectivity index (χ4v) is 1.25. The third kappa shape index (κ3) is 1.65. The van der Waals surface area contributed by atoms with Crippen LogP contribution in [0.5, 0.6) is 0 Å². The van der Waals surface area contributed by atoms with Gasteiger partial charge in [-0.25, -0.2) is 9.37 Å². The van der Waals surface area contributed by atoms with Gasteiger partial charge in [-0.05, 0) is 12.1 Å². The second-order valence-electron chi connectivity index (χ2n) is 2.91. The van der Waals surface area contributed by atoms with Crippen molar-refractivity contribution in [1.29, 1.82) is 0 Å². The lowest BCUT2D eigenvalue weighted by Gasteiger charge is -1.96. The van der Waals surface area contributed by atoms with Crippen molar-refractivity contribution in [3.05, 3.63) is 42.1 Å². The SMILES string of the molecule is OCc1ncc(-c2cccc(F)c2)[nH]1. The first-order valence-corrected chi connectivity index (χ1v) is 4.20. The third-order valence-electron chi connectivity index (χ3n) is 1.91. The highest BCUT2D eigenvalue weighted by Crippen LogP contribution is 2.17. The number of benzene rings is 1. The van der Waals surface area contributed by atoms with Crippen LogP contribution in [0.25, 0.3) is 11.3 Å². The minimum Gasteiger partial charge on any atom is -0.388 e. The van der Waals surface area contributed by atoms with Crippen molar-refractivity contribution in [3.63, 3.8) is 0 Å². The summed E-state index contributed by atoms with van der Waals surface area (Å²) < 4.78 is 12.9. The second-order valence-corrected chi connectivity index (χ2v) is 2.91. The number of nitrogens with zero attached hydrogens (tertiary/aromatic N) is 1. The summed E-state index contributed by atoms with van der Waals surface area (Å²) in [4.78, 5) is 6.79. The van der Waals surface area contributed by atoms with Crippen molar-refractivity contribution in [2.24, 2.45) is 0 Å². The Morgan fingerprint density at radius 3 is 2.93 bits per heavy atom. The molecule has 0 spiro atoms. The van der Waals surface area contributed by atoms with E-state index in [1.54, 1.807) is 18.3 Å². The van der Waals surface area contributed by atoms with E-state index in [4.69, 9.17) is 5.11 Å². The first-order valence-electron chi connectivity index (χ1n) is 4.20. The Bertz CT molecular complexity index is 439. The normalized spacial score (nSPS) is 10.4. The second kappa shape index (κ2) is 3.59. The van der Waals surface area contributed by atoms with Crippen LogP contribution in [0.2, 0.25) is 0 Å². The minimum atomic E-state index is -0.289. The maximum atomic E-state index is 12.9. The zero-order chi connectivity index (χ0) is 9.97. The van der Waals surface area contributed by atoms with Gasteiger partial charge in [0.2, 0.25) is 0 Å². The lowest BCUT2D eigenvalue weighted by molar-refractivity contribution is 0.272. The van der Waals surface area contributed by atoms with Crippen LogP contribution in [-0.2, 0) is 6.61 Å². The summed E-state index contributed by atoms with van der Waals surface area (Å²) in [5.74, 6) is 0.187. The highest BCUT2D eigenvalue weighted by Gasteiger charge is 2.02. The monoisotopic (exact) mass is 192 g/mol. The van der Waals surface area contributed by atoms with Gasteiger partial charge in [0.05, 0.1) is 11.9 Å². The fraction of sp³-hybridized carbons (Fsp3) is 0.100. The zero-order valence-electron chi connectivity index (χ0n) is 7.37. The molecule has 0 amide bonds. The number of imidazole rings is 1. The van der Waals surface area contributed by atoms with Crippen molar-refractivity contribution < 1.29 is 9.50 Å². The molecule has 1 aromatic carbocycles. The summed E-state index contributed by atoms with van der Waals surface area (Å²) in [7, 11) is 0. The Morgan fingerprint density at radius 2 is 2.29 bits per heavy atom. The Balaban J connectivity index is 2.39. The first-order chi connectivity index (χ1) is 6.79. The molecular formula is C10H9FN2O. The summed E-state index contributed by atoms with van der Waals surface area (Å²) >= 11 is 0. The van der Waals surface area contributed by atoms with E-state index in [-0.39, 0.29) is 12.4 Å². The molecule has 0 aliphatic rings. The van der Waals surface area contributed by atoms with Crippen LogP contribution in [0.4, 0.5) is 4.39 Å². The van der Waals surface area contributed by atoms with E-state index < -0.39 is 0 Å². The van der Waals surface area contributed by atoms with Crippen LogP contribution >= 0.6 is 0 Å². The standard InChI is InChI=1S/C10H9FN2O/c11-8-3-1-2-7(4-8)9-5-12-10(6-14)13-9/h1-5,14H,6H2,(H,12,13). The van der Waals surface area contributed by atoms with E-state index >= 15 is 0 Å². The van der Waals surface area contributed by atoms with Crippen molar-refractivity contribution in [2.45, 2.75) is 6.61 Å². The van der Waals surface area contributed by atoms with E-state index in [1.807, 2.05) is 0 Å². The van der Waals surface area contributed by atoms with Gasteiger partial charge < -0.3 is 10.1 Å². The summed E-state index contributed by atoms with van der Waals surface area (Å²) in [5.41, 5.74) is 1.42. The Morgan fingerprint density at radius 1 is 1.43 bits per heavy atom. The highest BCUT2D eigenvalue weighted by molar-refractivity contribution is 5.58. The maximum Gasteiger partial charge on any atom is 0.132 e. The molecule has 2 aromatic rings. The van der Waals surface area contributed by atoms with Crippen molar-refractivity contribution in [2.75, 3.05) is 0 Å². The van der Waals surface area contributed by atoms with Gasteiger partial charge >= 0.3 is 0 Å². The Kier molecular flexibility index (Phi) is 2.28. The molecular weight excluding hydrogens is 183 g/mol. The van der Waals surface area contributed by atoms with Crippen LogP contribution in [0.15, 0.2) is 30.5 Å². The quantitative estimate of drug-likeness (QED) is 0.760. The van der Waals surface area contributed by atoms with Crippen LogP contribution < -0.4 is 0 Å². The molecule has 1 aromatic heterocycles. The molecule has 4 heteroatoms. The molecule has 0 fully saturated rings. The Hall–Kier alpha value is -1.68. The number of halogens is 1. The number of aliphatic hydroxyl groups is 1. The van der Waals surface area contributed by atoms with Gasteiger partial charge in [0.15, 0.2) is 0 Å². The van der Waals surface area contributed by atoms with Gasteiger partial charge in [0, 0.05) is 5.56 Å². The van der Waals surface area contributed by atoms with E-state index in [0.29, 0.717) is 11.5 Å². The number of H-pyrrole nitrogens is 1. The molecule has 0 saturated heterocycles. The molecule has 2 N–H and O–H groups in total. The molecule has 14 heavy (non-hydrogen) atoms. The van der Waals surface area contributed by atoms with E-state index in [0.717, 1.165) is 5.56 Å². The molecule has 1 heterocycles. The summed E-state index contributed by atoms with van der Waals surface area (Å²) in [6.07, 6.45) is 1.57. The predicted octanol–water partition coefficient (Wildman–Crippen LogP) is 1.71. The van der Waals surface area contributed by atoms with E-state index in [9.17, 15) is 4.39 Å². The van der Waals surface area contributed by atoms with E-state index in [1.165, 1.54) is 12.1 Å². The average molecular weight is 192 g/mol. The topological polar surface area (TPSA) is 48.9 Å². The first kappa shape index (κ1) is 8.90. The molecule has 0 unspecified atom stereocenters. The van der Waals surface area contributed by atoms with Crippen LogP contribution in [0.1, 0.15) is 5.82 Å². The van der Waals surface area contributed by atoms with Gasteiger partial charge in [-0.2, -0.15) is 0 Å². The van der Waals surface area contributed by atoms with Gasteiger partial charge in [-0.1, -0.05) is 12.1 Å². The smallest absolute Gasteiger partial charge is 0.132 e. The van der Waals surface area contributed by atoms with Gasteiger partial charge in [-0.3, -0.25) is 0 Å². The fourth-order valence-electron chi connectivity index (χ4n) is 1.25. The van der Waals surface area contributed by atoms with Crippen LogP contribution in [-0.4, -0.2) is 15.1 Å². The van der Waals surface area contributed by atoms with Gasteiger partial charge in [-0.15, -0.1) is 0 Å². The molecule has 0 aliphatic heterocycles. The molecule has 0 aliphatic carbocycles. The molecule has 3 nitrogen and oxygen atoms in total. The Labute approximate surface area is 80.2 Å². The van der Waals surface area contributed by atoms with Crippen LogP contribution in [0, 0.1) is 5.82 Å². The number of aromatic amines is 1. The number of rotatable bonds is 2. The number of hydrogen-bond donors (Lipinski definition) is 2. The zero-order valence-corrected chi connectivity index (χ0v) is 7.37. The molecule has 0 atom stereocenters. The number of aromatic nitrogens is 2. The number of nitrogens with one attached hydrogen (secondary N) is 1. The maximum absolute atomic E-state index is 12.9. The number of aliphatic hydroxyl groups excluding tert-OH is 1. The van der Waals surface area contributed by atoms with Crippen molar-refractivity contribution in [3.8, 4) is 11.3 Å². The number of hydrogen-bond acceptors (Lipinski definition) is 2. The largest absolute Gasteiger partial charge is 0.388 e. The predicted molar refractivity (Wildman–Crippen MR) is 49.9 cm³/mol. The van der Waals surface area contributed by atoms with Crippen LogP contribution in [0.3, 0.4) is 0 Å². The lowest BCUT2D eigenvalue weighted by Crippen LogP contribution is -1.85. The van der Waals surface area contributed by atoms with Gasteiger partial charge in [0.25, 0.3) is 0 Å². The van der Waals surface area contributed by atoms with Crippen molar-refractivity contribution >= 4 is 0 Å². The minimum absolute atomic E-state index is 0.144. The molecule has 2 rings (SSSR count). The average Bonchev–Trinajstić information content (AvgIpc) is 2.66. The van der Waals surface area contributed by atoms with Gasteiger partial charge in [0.1, 0.15) is 18.2 Å². The summed E-state index contributed by atoms with van der Waals surface area (Å²) in [5, 5.41) is 8.78. The lowest BCUT2D eigenvalue weighted by atomic mass is 10.2. The summed E-state index contributed by atoms with van der Waals surface area (Å²) in [6.45, 7) is -0.144. The molecule has 0 saturated carbocycles. The highest BCUT2D eigenvalue weighted by atomic mass is 19.1. The van der Waals surface area contributed by atoms with Crippen molar-refractivity contribution in [1.82, 2.24) is 9.97 Å². The molecule has 0 radical (unpaired) electrons. The third-order valence-corrected chi connectivity index (χ3v) is 1.91. The van der Waals surface area contributed by atoms with E-state index in [2.05, 4.69) is 9.97 Å². The summed E-state index contributed by atoms with van der Waals surface area (Å²) in [6, 6.07) is 6.20.